The maximum absolute atomic E-state index is 10.7. The summed E-state index contributed by atoms with van der Waals surface area (Å²) in [6, 6.07) is 12.0. The summed E-state index contributed by atoms with van der Waals surface area (Å²) >= 11 is 1.54. The SMILES string of the molecule is CCNC(=NCC(C)(O)c1cccs1)NCC(c1ccccc1OC)N(C)C. The van der Waals surface area contributed by atoms with E-state index in [4.69, 9.17) is 4.74 Å². The molecule has 0 saturated heterocycles. The Morgan fingerprint density at radius 1 is 1.25 bits per heavy atom. The molecule has 0 fully saturated rings. The molecule has 0 amide bonds. The fraction of sp³-hybridized carbons (Fsp3) is 0.476. The van der Waals surface area contributed by atoms with Gasteiger partial charge in [0.25, 0.3) is 0 Å². The number of hydrogen-bond acceptors (Lipinski definition) is 5. The van der Waals surface area contributed by atoms with Crippen LogP contribution in [0.25, 0.3) is 0 Å². The number of benzene rings is 1. The third-order valence-electron chi connectivity index (χ3n) is 4.53. The molecule has 0 radical (unpaired) electrons. The third kappa shape index (κ3) is 5.95. The van der Waals surface area contributed by atoms with Crippen LogP contribution >= 0.6 is 11.3 Å². The number of guanidine groups is 1. The maximum Gasteiger partial charge on any atom is 0.191 e. The molecular weight excluding hydrogens is 372 g/mol. The first-order chi connectivity index (χ1) is 13.4. The van der Waals surface area contributed by atoms with Gasteiger partial charge in [-0.15, -0.1) is 11.3 Å². The van der Waals surface area contributed by atoms with Gasteiger partial charge in [-0.3, -0.25) is 0 Å². The molecule has 1 aromatic carbocycles. The van der Waals surface area contributed by atoms with E-state index in [1.807, 2.05) is 56.7 Å². The Kier molecular flexibility index (Phi) is 8.29. The number of nitrogens with one attached hydrogen (secondary N) is 2. The van der Waals surface area contributed by atoms with Gasteiger partial charge in [0.15, 0.2) is 5.96 Å². The van der Waals surface area contributed by atoms with Gasteiger partial charge in [-0.25, -0.2) is 4.99 Å². The van der Waals surface area contributed by atoms with Gasteiger partial charge >= 0.3 is 0 Å². The number of para-hydroxylation sites is 1. The molecule has 2 aromatic rings. The van der Waals surface area contributed by atoms with Crippen LogP contribution in [-0.4, -0.2) is 56.8 Å². The number of aliphatic hydroxyl groups is 1. The number of hydrogen-bond donors (Lipinski definition) is 3. The smallest absolute Gasteiger partial charge is 0.191 e. The van der Waals surface area contributed by atoms with Crippen LogP contribution in [0.15, 0.2) is 46.8 Å². The summed E-state index contributed by atoms with van der Waals surface area (Å²) in [5.74, 6) is 1.55. The summed E-state index contributed by atoms with van der Waals surface area (Å²) in [6.07, 6.45) is 0. The minimum absolute atomic E-state index is 0.109. The van der Waals surface area contributed by atoms with Crippen molar-refractivity contribution in [3.8, 4) is 5.75 Å². The van der Waals surface area contributed by atoms with Crippen molar-refractivity contribution in [1.29, 1.82) is 0 Å². The van der Waals surface area contributed by atoms with E-state index in [0.29, 0.717) is 12.5 Å². The largest absolute Gasteiger partial charge is 0.496 e. The first-order valence-electron chi connectivity index (χ1n) is 9.47. The Morgan fingerprint density at radius 3 is 2.61 bits per heavy atom. The molecule has 1 heterocycles. The molecule has 0 aliphatic heterocycles. The second kappa shape index (κ2) is 10.5. The predicted octanol–water partition coefficient (Wildman–Crippen LogP) is 2.82. The lowest BCUT2D eigenvalue weighted by molar-refractivity contribution is 0.0711. The Bertz CT molecular complexity index is 745. The zero-order valence-electron chi connectivity index (χ0n) is 17.4. The summed E-state index contributed by atoms with van der Waals surface area (Å²) in [7, 11) is 5.78. The Balaban J connectivity index is 2.11. The minimum Gasteiger partial charge on any atom is -0.496 e. The van der Waals surface area contributed by atoms with Crippen LogP contribution in [0.3, 0.4) is 0 Å². The van der Waals surface area contributed by atoms with Crippen LogP contribution in [0.1, 0.15) is 30.3 Å². The van der Waals surface area contributed by atoms with Crippen molar-refractivity contribution in [3.63, 3.8) is 0 Å². The van der Waals surface area contributed by atoms with Gasteiger partial charge in [0.05, 0.1) is 19.7 Å². The Hall–Kier alpha value is -2.09. The monoisotopic (exact) mass is 404 g/mol. The Labute approximate surface area is 172 Å². The molecule has 2 rings (SSSR count). The number of ether oxygens (including phenoxy) is 1. The van der Waals surface area contributed by atoms with Crippen molar-refractivity contribution in [1.82, 2.24) is 15.5 Å². The molecule has 0 aliphatic rings. The Morgan fingerprint density at radius 2 is 2.00 bits per heavy atom. The molecular formula is C21H32N4O2S. The number of likely N-dealkylation sites (N-methyl/N-ethyl adjacent to an activating group) is 1. The first kappa shape index (κ1) is 22.2. The highest BCUT2D eigenvalue weighted by molar-refractivity contribution is 7.10. The lowest BCUT2D eigenvalue weighted by Gasteiger charge is -2.27. The van der Waals surface area contributed by atoms with E-state index in [-0.39, 0.29) is 12.6 Å². The predicted molar refractivity (Wildman–Crippen MR) is 117 cm³/mol. The van der Waals surface area contributed by atoms with Crippen molar-refractivity contribution < 1.29 is 9.84 Å². The molecule has 2 atom stereocenters. The van der Waals surface area contributed by atoms with Crippen LogP contribution in [-0.2, 0) is 5.60 Å². The van der Waals surface area contributed by atoms with Crippen LogP contribution in [0, 0.1) is 0 Å². The fourth-order valence-corrected chi connectivity index (χ4v) is 3.72. The highest BCUT2D eigenvalue weighted by Gasteiger charge is 2.24. The van der Waals surface area contributed by atoms with Crippen LogP contribution in [0.2, 0.25) is 0 Å². The van der Waals surface area contributed by atoms with E-state index in [9.17, 15) is 5.11 Å². The third-order valence-corrected chi connectivity index (χ3v) is 5.65. The summed E-state index contributed by atoms with van der Waals surface area (Å²) in [6.45, 7) is 5.50. The van der Waals surface area contributed by atoms with E-state index in [0.717, 1.165) is 22.7 Å². The van der Waals surface area contributed by atoms with Gasteiger partial charge in [-0.05, 0) is 45.5 Å². The maximum atomic E-state index is 10.7. The molecule has 28 heavy (non-hydrogen) atoms. The molecule has 7 heteroatoms. The summed E-state index contributed by atoms with van der Waals surface area (Å²) in [5.41, 5.74) is 0.129. The summed E-state index contributed by atoms with van der Waals surface area (Å²) < 4.78 is 5.53. The molecule has 3 N–H and O–H groups in total. The topological polar surface area (TPSA) is 69.1 Å². The summed E-state index contributed by atoms with van der Waals surface area (Å²) in [5, 5.41) is 19.4. The molecule has 154 valence electrons. The van der Waals surface area contributed by atoms with E-state index in [1.54, 1.807) is 14.0 Å². The van der Waals surface area contributed by atoms with Gasteiger partial charge in [0.2, 0.25) is 0 Å². The molecule has 2 unspecified atom stereocenters. The molecule has 1 aromatic heterocycles. The van der Waals surface area contributed by atoms with E-state index >= 15 is 0 Å². The molecule has 0 spiro atoms. The van der Waals surface area contributed by atoms with Gasteiger partial charge in [0.1, 0.15) is 11.4 Å². The number of methoxy groups -OCH3 is 1. The highest BCUT2D eigenvalue weighted by Crippen LogP contribution is 2.27. The van der Waals surface area contributed by atoms with Crippen LogP contribution < -0.4 is 15.4 Å². The number of nitrogens with zero attached hydrogens (tertiary/aromatic N) is 2. The lowest BCUT2D eigenvalue weighted by Crippen LogP contribution is -2.42. The molecule has 0 aliphatic carbocycles. The van der Waals surface area contributed by atoms with Crippen LogP contribution in [0.5, 0.6) is 5.75 Å². The van der Waals surface area contributed by atoms with Crippen molar-refractivity contribution in [3.05, 3.63) is 52.2 Å². The number of aliphatic imine (C=N–C) groups is 1. The average Bonchev–Trinajstić information content (AvgIpc) is 3.22. The van der Waals surface area contributed by atoms with E-state index in [1.165, 1.54) is 11.3 Å². The zero-order valence-corrected chi connectivity index (χ0v) is 18.2. The number of thiophene rings is 1. The standard InChI is InChI=1S/C21H32N4O2S/c1-6-22-20(24-15-21(2,26)19-12-9-13-28-19)23-14-17(25(3)4)16-10-7-8-11-18(16)27-5/h7-13,17,26H,6,14-15H2,1-5H3,(H2,22,23,24). The minimum atomic E-state index is -0.986. The normalized spacial score (nSPS) is 15.2. The lowest BCUT2D eigenvalue weighted by atomic mass is 10.0. The van der Waals surface area contributed by atoms with Crippen molar-refractivity contribution >= 4 is 17.3 Å². The zero-order chi connectivity index (χ0) is 20.6. The first-order valence-corrected chi connectivity index (χ1v) is 10.3. The van der Waals surface area contributed by atoms with Crippen LogP contribution in [0.4, 0.5) is 0 Å². The quantitative estimate of drug-likeness (QED) is 0.443. The van der Waals surface area contributed by atoms with Crippen molar-refractivity contribution in [2.45, 2.75) is 25.5 Å². The van der Waals surface area contributed by atoms with Gasteiger partial charge < -0.3 is 25.4 Å². The number of rotatable bonds is 9. The van der Waals surface area contributed by atoms with Crippen molar-refractivity contribution in [2.75, 3.05) is 40.8 Å². The second-order valence-electron chi connectivity index (χ2n) is 7.05. The van der Waals surface area contributed by atoms with E-state index in [2.05, 4.69) is 26.6 Å². The highest BCUT2D eigenvalue weighted by atomic mass is 32.1. The summed E-state index contributed by atoms with van der Waals surface area (Å²) in [4.78, 5) is 7.67. The molecule has 0 saturated carbocycles. The van der Waals surface area contributed by atoms with Gasteiger partial charge in [0, 0.05) is 23.5 Å². The van der Waals surface area contributed by atoms with Gasteiger partial charge in [-0.2, -0.15) is 0 Å². The average molecular weight is 405 g/mol. The molecule has 6 nitrogen and oxygen atoms in total. The van der Waals surface area contributed by atoms with E-state index < -0.39 is 5.60 Å². The second-order valence-corrected chi connectivity index (χ2v) is 8.00. The fourth-order valence-electron chi connectivity index (χ4n) is 2.94. The van der Waals surface area contributed by atoms with Crippen molar-refractivity contribution in [2.24, 2.45) is 4.99 Å². The molecule has 0 bridgehead atoms. The van der Waals surface area contributed by atoms with Gasteiger partial charge in [-0.1, -0.05) is 24.3 Å².